The number of carbonyl (C=O) groups is 1. The highest BCUT2D eigenvalue weighted by Gasteiger charge is 2.62. The van der Waals surface area contributed by atoms with E-state index in [9.17, 15) is 18.0 Å². The lowest BCUT2D eigenvalue weighted by Gasteiger charge is -2.43. The lowest BCUT2D eigenvalue weighted by molar-refractivity contribution is -0.223. The number of nitrogens with one attached hydrogen (secondary N) is 1. The van der Waals surface area contributed by atoms with Gasteiger partial charge in [-0.3, -0.25) is 4.79 Å². The zero-order valence-electron chi connectivity index (χ0n) is 11.4. The highest BCUT2D eigenvalue weighted by Crippen LogP contribution is 2.45. The quantitative estimate of drug-likeness (QED) is 0.797. The summed E-state index contributed by atoms with van der Waals surface area (Å²) in [5.74, 6) is -0.471. The number of hydrogen-bond donors (Lipinski definition) is 1. The van der Waals surface area contributed by atoms with Gasteiger partial charge >= 0.3 is 6.18 Å². The molecule has 2 rings (SSSR count). The molecule has 1 N–H and O–H groups in total. The Morgan fingerprint density at radius 1 is 1.37 bits per heavy atom. The predicted octanol–water partition coefficient (Wildman–Crippen LogP) is 2.18. The molecule has 0 aromatic rings. The maximum Gasteiger partial charge on any atom is 0.404 e. The second-order valence-corrected chi connectivity index (χ2v) is 5.87. The van der Waals surface area contributed by atoms with Crippen molar-refractivity contribution in [1.29, 1.82) is 0 Å². The van der Waals surface area contributed by atoms with E-state index in [-0.39, 0.29) is 31.5 Å². The van der Waals surface area contributed by atoms with Crippen molar-refractivity contribution in [2.24, 2.45) is 11.3 Å². The van der Waals surface area contributed by atoms with Gasteiger partial charge in [0, 0.05) is 19.1 Å². The largest absolute Gasteiger partial charge is 0.404 e. The normalized spacial score (nSPS) is 36.6. The Morgan fingerprint density at radius 3 is 2.58 bits per heavy atom. The van der Waals surface area contributed by atoms with Gasteiger partial charge in [0.05, 0.1) is 0 Å². The fraction of sp³-hybridized carbons (Fsp3) is 0.923. The van der Waals surface area contributed by atoms with E-state index >= 15 is 0 Å². The molecule has 2 aliphatic heterocycles. The highest BCUT2D eigenvalue weighted by molar-refractivity contribution is 5.84. The minimum absolute atomic E-state index is 0.110. The molecule has 2 saturated heterocycles. The van der Waals surface area contributed by atoms with Crippen LogP contribution in [0.25, 0.3) is 0 Å². The standard InChI is InChI=1S/C13H21F3N2O/c1-9-4-3-7-18(10(9)2)11(19)12(13(14,15)16)5-6-17-8-12/h9-10,17H,3-8H2,1-2H3. The van der Waals surface area contributed by atoms with Crippen molar-refractivity contribution in [3.8, 4) is 0 Å². The van der Waals surface area contributed by atoms with Crippen LogP contribution in [0, 0.1) is 11.3 Å². The highest BCUT2D eigenvalue weighted by atomic mass is 19.4. The SMILES string of the molecule is CC1CCCN(C(=O)C2(C(F)(F)F)CCNC2)C1C. The summed E-state index contributed by atoms with van der Waals surface area (Å²) in [5.41, 5.74) is -2.21. The number of alkyl halides is 3. The Bertz CT molecular complexity index is 350. The first-order valence-corrected chi connectivity index (χ1v) is 6.88. The van der Waals surface area contributed by atoms with Crippen LogP contribution in [-0.4, -0.2) is 42.7 Å². The van der Waals surface area contributed by atoms with E-state index in [0.717, 1.165) is 12.8 Å². The predicted molar refractivity (Wildman–Crippen MR) is 65.5 cm³/mol. The van der Waals surface area contributed by atoms with Gasteiger partial charge in [0.25, 0.3) is 0 Å². The van der Waals surface area contributed by atoms with Crippen LogP contribution >= 0.6 is 0 Å². The Kier molecular flexibility index (Phi) is 3.82. The number of likely N-dealkylation sites (tertiary alicyclic amines) is 1. The van der Waals surface area contributed by atoms with Gasteiger partial charge in [0.1, 0.15) is 0 Å². The van der Waals surface area contributed by atoms with Crippen LogP contribution in [0.15, 0.2) is 0 Å². The van der Waals surface area contributed by atoms with Gasteiger partial charge in [0.2, 0.25) is 5.91 Å². The number of nitrogens with zero attached hydrogens (tertiary/aromatic N) is 1. The minimum atomic E-state index is -4.48. The maximum absolute atomic E-state index is 13.4. The molecule has 110 valence electrons. The summed E-state index contributed by atoms with van der Waals surface area (Å²) in [6, 6.07) is -0.110. The Balaban J connectivity index is 2.25. The fourth-order valence-electron chi connectivity index (χ4n) is 3.13. The summed E-state index contributed by atoms with van der Waals surface area (Å²) in [6.45, 7) is 4.27. The molecular formula is C13H21F3N2O. The van der Waals surface area contributed by atoms with E-state index in [1.165, 1.54) is 4.90 Å². The van der Waals surface area contributed by atoms with Gasteiger partial charge in [-0.15, -0.1) is 0 Å². The lowest BCUT2D eigenvalue weighted by Crippen LogP contribution is -2.58. The molecule has 0 saturated carbocycles. The van der Waals surface area contributed by atoms with Crippen LogP contribution < -0.4 is 5.32 Å². The third kappa shape index (κ3) is 2.35. The molecule has 3 atom stereocenters. The summed E-state index contributed by atoms with van der Waals surface area (Å²) in [4.78, 5) is 13.9. The van der Waals surface area contributed by atoms with Crippen molar-refractivity contribution in [3.63, 3.8) is 0 Å². The van der Waals surface area contributed by atoms with Gasteiger partial charge in [-0.2, -0.15) is 13.2 Å². The molecule has 1 amide bonds. The topological polar surface area (TPSA) is 32.3 Å². The molecule has 6 heteroatoms. The molecule has 3 nitrogen and oxygen atoms in total. The maximum atomic E-state index is 13.4. The van der Waals surface area contributed by atoms with Gasteiger partial charge < -0.3 is 10.2 Å². The molecular weight excluding hydrogens is 257 g/mol. The molecule has 0 radical (unpaired) electrons. The van der Waals surface area contributed by atoms with Gasteiger partial charge in [-0.05, 0) is 38.6 Å². The van der Waals surface area contributed by atoms with Crippen LogP contribution in [0.5, 0.6) is 0 Å². The van der Waals surface area contributed by atoms with Crippen LogP contribution in [0.4, 0.5) is 13.2 Å². The van der Waals surface area contributed by atoms with Crippen molar-refractivity contribution < 1.29 is 18.0 Å². The Hall–Kier alpha value is -0.780. The lowest BCUT2D eigenvalue weighted by atomic mass is 9.82. The van der Waals surface area contributed by atoms with Crippen molar-refractivity contribution in [2.75, 3.05) is 19.6 Å². The summed E-state index contributed by atoms with van der Waals surface area (Å²) in [6.07, 6.45) is -2.86. The Morgan fingerprint density at radius 2 is 2.05 bits per heavy atom. The van der Waals surface area contributed by atoms with E-state index in [2.05, 4.69) is 5.32 Å². The van der Waals surface area contributed by atoms with E-state index in [1.54, 1.807) is 0 Å². The molecule has 2 heterocycles. The van der Waals surface area contributed by atoms with Crippen LogP contribution in [-0.2, 0) is 4.79 Å². The van der Waals surface area contributed by atoms with Gasteiger partial charge in [-0.1, -0.05) is 6.92 Å². The average Bonchev–Trinajstić information content (AvgIpc) is 2.81. The van der Waals surface area contributed by atoms with Crippen LogP contribution in [0.3, 0.4) is 0 Å². The average molecular weight is 278 g/mol. The summed E-state index contributed by atoms with van der Waals surface area (Å²) in [5, 5.41) is 2.70. The molecule has 2 aliphatic rings. The van der Waals surface area contributed by atoms with Gasteiger partial charge in [-0.25, -0.2) is 0 Å². The summed E-state index contributed by atoms with van der Waals surface area (Å²) >= 11 is 0. The minimum Gasteiger partial charge on any atom is -0.339 e. The first-order chi connectivity index (χ1) is 8.79. The monoisotopic (exact) mass is 278 g/mol. The van der Waals surface area contributed by atoms with E-state index in [0.29, 0.717) is 6.54 Å². The number of halogens is 3. The molecule has 0 aromatic carbocycles. The number of piperidine rings is 1. The molecule has 3 unspecified atom stereocenters. The number of carbonyl (C=O) groups excluding carboxylic acids is 1. The van der Waals surface area contributed by atoms with Crippen molar-refractivity contribution in [2.45, 2.75) is 45.3 Å². The zero-order chi connectivity index (χ0) is 14.3. The van der Waals surface area contributed by atoms with E-state index < -0.39 is 17.5 Å². The van der Waals surface area contributed by atoms with E-state index in [4.69, 9.17) is 0 Å². The van der Waals surface area contributed by atoms with Crippen molar-refractivity contribution in [3.05, 3.63) is 0 Å². The number of hydrogen-bond acceptors (Lipinski definition) is 2. The first-order valence-electron chi connectivity index (χ1n) is 6.88. The third-order valence-corrected chi connectivity index (χ3v) is 4.74. The Labute approximate surface area is 111 Å². The molecule has 0 spiro atoms. The molecule has 2 fully saturated rings. The molecule has 0 aliphatic carbocycles. The van der Waals surface area contributed by atoms with E-state index in [1.807, 2.05) is 13.8 Å². The number of rotatable bonds is 1. The number of amides is 1. The smallest absolute Gasteiger partial charge is 0.339 e. The van der Waals surface area contributed by atoms with Gasteiger partial charge in [0.15, 0.2) is 5.41 Å². The molecule has 0 aromatic heterocycles. The zero-order valence-corrected chi connectivity index (χ0v) is 11.4. The van der Waals surface area contributed by atoms with Crippen LogP contribution in [0.2, 0.25) is 0 Å². The second-order valence-electron chi connectivity index (χ2n) is 5.87. The third-order valence-electron chi connectivity index (χ3n) is 4.74. The second kappa shape index (κ2) is 4.96. The van der Waals surface area contributed by atoms with Crippen LogP contribution in [0.1, 0.15) is 33.1 Å². The van der Waals surface area contributed by atoms with Crippen molar-refractivity contribution >= 4 is 5.91 Å². The summed E-state index contributed by atoms with van der Waals surface area (Å²) in [7, 11) is 0. The first kappa shape index (κ1) is 14.6. The fourth-order valence-corrected chi connectivity index (χ4v) is 3.13. The summed E-state index contributed by atoms with van der Waals surface area (Å²) < 4.78 is 40.1. The van der Waals surface area contributed by atoms with Crippen molar-refractivity contribution in [1.82, 2.24) is 10.2 Å². The molecule has 0 bridgehead atoms. The molecule has 19 heavy (non-hydrogen) atoms.